The van der Waals surface area contributed by atoms with E-state index in [4.69, 9.17) is 16.3 Å². The highest BCUT2D eigenvalue weighted by atomic mass is 79.9. The second-order valence-corrected chi connectivity index (χ2v) is 7.04. The lowest BCUT2D eigenvalue weighted by molar-refractivity contribution is -0.135. The molecule has 0 saturated heterocycles. The van der Waals surface area contributed by atoms with E-state index in [0.29, 0.717) is 17.2 Å². The second kappa shape index (κ2) is 9.08. The van der Waals surface area contributed by atoms with Crippen LogP contribution < -0.4 is 10.1 Å². The second-order valence-electron chi connectivity index (χ2n) is 5.69. The fourth-order valence-corrected chi connectivity index (χ4v) is 2.70. The van der Waals surface area contributed by atoms with Gasteiger partial charge in [0.2, 0.25) is 0 Å². The first-order chi connectivity index (χ1) is 11.2. The zero-order valence-corrected chi connectivity index (χ0v) is 16.4. The van der Waals surface area contributed by atoms with Gasteiger partial charge in [-0.3, -0.25) is 4.79 Å². The summed E-state index contributed by atoms with van der Waals surface area (Å²) in [5.41, 5.74) is -0.725. The van der Waals surface area contributed by atoms with Crippen molar-refractivity contribution in [3.05, 3.63) is 39.8 Å². The van der Waals surface area contributed by atoms with Crippen LogP contribution in [0.4, 0.5) is 0 Å². The molecule has 1 amide bonds. The van der Waals surface area contributed by atoms with E-state index in [2.05, 4.69) is 26.0 Å². The quantitative estimate of drug-likeness (QED) is 0.539. The van der Waals surface area contributed by atoms with Crippen LogP contribution in [0.2, 0.25) is 5.02 Å². The zero-order chi connectivity index (χ0) is 18.3. The molecule has 0 saturated carbocycles. The molecule has 1 N–H and O–H groups in total. The van der Waals surface area contributed by atoms with Crippen LogP contribution in [0.15, 0.2) is 34.8 Å². The molecule has 24 heavy (non-hydrogen) atoms. The molecule has 0 radical (unpaired) electrons. The third-order valence-electron chi connectivity index (χ3n) is 3.06. The maximum Gasteiger partial charge on any atom is 0.330 e. The number of carbonyl (C=O) groups is 2. The minimum Gasteiger partial charge on any atom is -0.481 e. The van der Waals surface area contributed by atoms with E-state index >= 15 is 0 Å². The lowest BCUT2D eigenvalue weighted by atomic mass is 10.0. The first kappa shape index (κ1) is 20.5. The summed E-state index contributed by atoms with van der Waals surface area (Å²) in [6, 6.07) is 5.12. The Morgan fingerprint density at radius 3 is 2.58 bits per heavy atom. The van der Waals surface area contributed by atoms with E-state index in [9.17, 15) is 9.59 Å². The molecule has 0 bridgehead atoms. The number of benzene rings is 1. The largest absolute Gasteiger partial charge is 0.481 e. The van der Waals surface area contributed by atoms with E-state index in [0.717, 1.165) is 4.47 Å². The predicted molar refractivity (Wildman–Crippen MR) is 97.2 cm³/mol. The van der Waals surface area contributed by atoms with Crippen LogP contribution in [0, 0.1) is 0 Å². The van der Waals surface area contributed by atoms with Gasteiger partial charge in [0.05, 0.1) is 12.6 Å². The average molecular weight is 419 g/mol. The molecule has 0 heterocycles. The number of ether oxygens (including phenoxy) is 2. The van der Waals surface area contributed by atoms with E-state index in [1.807, 2.05) is 6.92 Å². The number of hydrogen-bond acceptors (Lipinski definition) is 4. The Morgan fingerprint density at radius 2 is 2.04 bits per heavy atom. The minimum atomic E-state index is -0.725. The van der Waals surface area contributed by atoms with Crippen LogP contribution >= 0.6 is 27.5 Å². The van der Waals surface area contributed by atoms with Crippen molar-refractivity contribution < 1.29 is 19.1 Å². The Hall–Kier alpha value is -1.53. The van der Waals surface area contributed by atoms with Gasteiger partial charge in [-0.15, -0.1) is 0 Å². The Balaban J connectivity index is 2.79. The van der Waals surface area contributed by atoms with Crippen molar-refractivity contribution in [1.82, 2.24) is 5.32 Å². The summed E-state index contributed by atoms with van der Waals surface area (Å²) in [5.74, 6) is -0.267. The van der Waals surface area contributed by atoms with Crippen LogP contribution in [-0.4, -0.2) is 30.6 Å². The standard InChI is InChI=1S/C17H21BrClNO4/c1-5-14(24-13-9-11(18)8-12(19)10-13)16(22)20-17(2,3)7-6-15(21)23-4/h6-10,14H,5H2,1-4H3,(H,20,22)/b7-6+. The minimum absolute atomic E-state index is 0.284. The van der Waals surface area contributed by atoms with Crippen molar-refractivity contribution in [2.45, 2.75) is 38.8 Å². The van der Waals surface area contributed by atoms with Gasteiger partial charge in [0.15, 0.2) is 6.10 Å². The molecule has 0 fully saturated rings. The van der Waals surface area contributed by atoms with Crippen molar-refractivity contribution in [3.8, 4) is 5.75 Å². The SMILES string of the molecule is CCC(Oc1cc(Cl)cc(Br)c1)C(=O)NC(C)(C)/C=C/C(=O)OC. The summed E-state index contributed by atoms with van der Waals surface area (Å²) in [7, 11) is 1.29. The van der Waals surface area contributed by atoms with Crippen molar-refractivity contribution in [3.63, 3.8) is 0 Å². The fourth-order valence-electron chi connectivity index (χ4n) is 1.87. The van der Waals surface area contributed by atoms with Crippen molar-refractivity contribution in [2.24, 2.45) is 0 Å². The number of hydrogen-bond donors (Lipinski definition) is 1. The van der Waals surface area contributed by atoms with E-state index in [1.165, 1.54) is 13.2 Å². The van der Waals surface area contributed by atoms with Crippen LogP contribution in [0.25, 0.3) is 0 Å². The molecule has 7 heteroatoms. The topological polar surface area (TPSA) is 64.6 Å². The predicted octanol–water partition coefficient (Wildman–Crippen LogP) is 3.88. The molecule has 5 nitrogen and oxygen atoms in total. The number of amides is 1. The van der Waals surface area contributed by atoms with Gasteiger partial charge < -0.3 is 14.8 Å². The van der Waals surface area contributed by atoms with Gasteiger partial charge in [-0.2, -0.15) is 0 Å². The van der Waals surface area contributed by atoms with Crippen LogP contribution in [0.3, 0.4) is 0 Å². The van der Waals surface area contributed by atoms with Crippen LogP contribution in [0.1, 0.15) is 27.2 Å². The van der Waals surface area contributed by atoms with Crippen LogP contribution in [0.5, 0.6) is 5.75 Å². The fraction of sp³-hybridized carbons (Fsp3) is 0.412. The molecule has 0 spiro atoms. The van der Waals surface area contributed by atoms with E-state index in [1.54, 1.807) is 38.1 Å². The normalized spacial score (nSPS) is 12.8. The molecule has 1 aromatic rings. The maximum atomic E-state index is 12.4. The number of esters is 1. The lowest BCUT2D eigenvalue weighted by Gasteiger charge is -2.26. The molecule has 0 aliphatic carbocycles. The zero-order valence-electron chi connectivity index (χ0n) is 14.1. The first-order valence-corrected chi connectivity index (χ1v) is 8.56. The third-order valence-corrected chi connectivity index (χ3v) is 3.74. The molecule has 0 aromatic heterocycles. The Bertz CT molecular complexity index is 611. The van der Waals surface area contributed by atoms with Crippen molar-refractivity contribution >= 4 is 39.4 Å². The van der Waals surface area contributed by atoms with Gasteiger partial charge in [-0.05, 0) is 38.5 Å². The Kier molecular flexibility index (Phi) is 7.76. The highest BCUT2D eigenvalue weighted by molar-refractivity contribution is 9.10. The molecule has 1 unspecified atom stereocenters. The summed E-state index contributed by atoms with van der Waals surface area (Å²) in [6.45, 7) is 5.39. The highest BCUT2D eigenvalue weighted by Gasteiger charge is 2.25. The Morgan fingerprint density at radius 1 is 1.38 bits per heavy atom. The summed E-state index contributed by atoms with van der Waals surface area (Å²) < 4.78 is 11.0. The molecular formula is C17H21BrClNO4. The molecule has 132 valence electrons. The van der Waals surface area contributed by atoms with Crippen molar-refractivity contribution in [2.75, 3.05) is 7.11 Å². The maximum absolute atomic E-state index is 12.4. The summed E-state index contributed by atoms with van der Waals surface area (Å²) in [6.07, 6.45) is 2.64. The lowest BCUT2D eigenvalue weighted by Crippen LogP contribution is -2.48. The third kappa shape index (κ3) is 6.93. The first-order valence-electron chi connectivity index (χ1n) is 7.39. The molecular weight excluding hydrogens is 398 g/mol. The van der Waals surface area contributed by atoms with Crippen molar-refractivity contribution in [1.29, 1.82) is 0 Å². The Labute approximate surface area is 155 Å². The van der Waals surface area contributed by atoms with E-state index in [-0.39, 0.29) is 5.91 Å². The molecule has 1 aromatic carbocycles. The number of methoxy groups -OCH3 is 1. The summed E-state index contributed by atoms with van der Waals surface area (Å²) in [4.78, 5) is 23.6. The van der Waals surface area contributed by atoms with Gasteiger partial charge in [0.25, 0.3) is 5.91 Å². The van der Waals surface area contributed by atoms with Gasteiger partial charge in [0.1, 0.15) is 5.75 Å². The van der Waals surface area contributed by atoms with Gasteiger partial charge in [-0.25, -0.2) is 4.79 Å². The number of halogens is 2. The summed E-state index contributed by atoms with van der Waals surface area (Å²) in [5, 5.41) is 3.34. The molecule has 1 atom stereocenters. The van der Waals surface area contributed by atoms with Gasteiger partial charge in [0, 0.05) is 15.6 Å². The summed E-state index contributed by atoms with van der Waals surface area (Å²) >= 11 is 9.32. The van der Waals surface area contributed by atoms with E-state index < -0.39 is 17.6 Å². The molecule has 1 rings (SSSR count). The van der Waals surface area contributed by atoms with Gasteiger partial charge >= 0.3 is 5.97 Å². The molecule has 0 aliphatic heterocycles. The monoisotopic (exact) mass is 417 g/mol. The van der Waals surface area contributed by atoms with Gasteiger partial charge in [-0.1, -0.05) is 40.5 Å². The molecule has 0 aliphatic rings. The highest BCUT2D eigenvalue weighted by Crippen LogP contribution is 2.25. The number of nitrogens with one attached hydrogen (secondary N) is 1. The average Bonchev–Trinajstić information content (AvgIpc) is 2.48. The van der Waals surface area contributed by atoms with Crippen LogP contribution in [-0.2, 0) is 14.3 Å². The number of rotatable bonds is 7. The number of carbonyl (C=O) groups excluding carboxylic acids is 2. The smallest absolute Gasteiger partial charge is 0.330 e.